The Kier molecular flexibility index (Phi) is 6.36. The number of hydrogen-bond acceptors (Lipinski definition) is 4. The minimum absolute atomic E-state index is 0.166. The maximum absolute atomic E-state index is 12.9. The Balaban J connectivity index is 1.94. The Morgan fingerprint density at radius 2 is 1.86 bits per heavy atom. The Morgan fingerprint density at radius 3 is 2.54 bits per heavy atom. The van der Waals surface area contributed by atoms with E-state index < -0.39 is 10.0 Å². The molecule has 2 aromatic carbocycles. The molecule has 0 saturated carbocycles. The smallest absolute Gasteiger partial charge is 0.255 e. The molecule has 0 unspecified atom stereocenters. The molecule has 28 heavy (non-hydrogen) atoms. The van der Waals surface area contributed by atoms with Crippen molar-refractivity contribution in [2.45, 2.75) is 38.0 Å². The Morgan fingerprint density at radius 1 is 1.11 bits per heavy atom. The number of benzene rings is 2. The highest BCUT2D eigenvalue weighted by Gasteiger charge is 2.25. The Bertz CT molecular complexity index is 951. The van der Waals surface area contributed by atoms with Crippen LogP contribution in [0.1, 0.15) is 42.1 Å². The highest BCUT2D eigenvalue weighted by molar-refractivity contribution is 7.89. The zero-order valence-electron chi connectivity index (χ0n) is 16.4. The van der Waals surface area contributed by atoms with Crippen molar-refractivity contribution < 1.29 is 13.2 Å². The molecule has 0 radical (unpaired) electrons. The molecule has 1 saturated heterocycles. The van der Waals surface area contributed by atoms with E-state index in [-0.39, 0.29) is 10.8 Å². The molecule has 1 fully saturated rings. The molecule has 1 amide bonds. The first kappa shape index (κ1) is 20.4. The number of rotatable bonds is 7. The van der Waals surface area contributed by atoms with Gasteiger partial charge in [-0.1, -0.05) is 19.1 Å². The zero-order valence-corrected chi connectivity index (χ0v) is 17.2. The second-order valence-electron chi connectivity index (χ2n) is 7.10. The van der Waals surface area contributed by atoms with Gasteiger partial charge < -0.3 is 10.2 Å². The number of amides is 1. The van der Waals surface area contributed by atoms with Crippen LogP contribution in [0.5, 0.6) is 0 Å². The van der Waals surface area contributed by atoms with E-state index in [1.54, 1.807) is 12.1 Å². The molecule has 150 valence electrons. The van der Waals surface area contributed by atoms with E-state index >= 15 is 0 Å². The Hall–Kier alpha value is -2.38. The summed E-state index contributed by atoms with van der Waals surface area (Å²) in [6.07, 6.45) is 2.78. The molecular weight excluding hydrogens is 374 g/mol. The number of nitrogens with zero attached hydrogens (tertiary/aromatic N) is 1. The molecule has 2 aromatic rings. The monoisotopic (exact) mass is 401 g/mol. The standard InChI is InChI=1S/C21H27N3O3S/c1-3-11-22-28(26,27)20-15-17(9-10-19(20)24-12-4-5-13-24)21(25)23-18-8-6-7-16(2)14-18/h6-10,14-15,22H,3-5,11-13H2,1-2H3,(H,23,25). The summed E-state index contributed by atoms with van der Waals surface area (Å²) in [6, 6.07) is 12.4. The minimum Gasteiger partial charge on any atom is -0.370 e. The van der Waals surface area contributed by atoms with Crippen LogP contribution in [-0.2, 0) is 10.0 Å². The van der Waals surface area contributed by atoms with Crippen molar-refractivity contribution in [3.05, 3.63) is 53.6 Å². The maximum Gasteiger partial charge on any atom is 0.255 e. The van der Waals surface area contributed by atoms with Gasteiger partial charge in [-0.2, -0.15) is 0 Å². The third-order valence-corrected chi connectivity index (χ3v) is 6.27. The summed E-state index contributed by atoms with van der Waals surface area (Å²) < 4.78 is 28.4. The number of carbonyl (C=O) groups excluding carboxylic acids is 1. The highest BCUT2D eigenvalue weighted by atomic mass is 32.2. The van der Waals surface area contributed by atoms with Crippen molar-refractivity contribution in [1.29, 1.82) is 0 Å². The lowest BCUT2D eigenvalue weighted by Crippen LogP contribution is -2.28. The van der Waals surface area contributed by atoms with Crippen molar-refractivity contribution in [1.82, 2.24) is 4.72 Å². The second kappa shape index (κ2) is 8.75. The Labute approximate surface area is 167 Å². The largest absolute Gasteiger partial charge is 0.370 e. The van der Waals surface area contributed by atoms with E-state index in [0.717, 1.165) is 31.5 Å². The third kappa shape index (κ3) is 4.72. The van der Waals surface area contributed by atoms with Gasteiger partial charge in [-0.25, -0.2) is 13.1 Å². The van der Waals surface area contributed by atoms with Gasteiger partial charge in [0.05, 0.1) is 5.69 Å². The van der Waals surface area contributed by atoms with Crippen molar-refractivity contribution in [2.24, 2.45) is 0 Å². The summed E-state index contributed by atoms with van der Waals surface area (Å²) in [5, 5.41) is 2.84. The van der Waals surface area contributed by atoms with Crippen LogP contribution in [0.15, 0.2) is 47.4 Å². The van der Waals surface area contributed by atoms with Crippen molar-refractivity contribution >= 4 is 27.3 Å². The molecule has 0 atom stereocenters. The van der Waals surface area contributed by atoms with Crippen LogP contribution in [-0.4, -0.2) is 34.0 Å². The van der Waals surface area contributed by atoms with Gasteiger partial charge in [0.2, 0.25) is 10.0 Å². The van der Waals surface area contributed by atoms with Gasteiger partial charge in [0.15, 0.2) is 0 Å². The highest BCUT2D eigenvalue weighted by Crippen LogP contribution is 2.29. The van der Waals surface area contributed by atoms with E-state index in [1.807, 2.05) is 38.1 Å². The van der Waals surface area contributed by atoms with Crippen LogP contribution >= 0.6 is 0 Å². The normalized spacial score (nSPS) is 14.3. The fourth-order valence-electron chi connectivity index (χ4n) is 3.33. The molecule has 1 aliphatic heterocycles. The predicted octanol–water partition coefficient (Wildman–Crippen LogP) is 3.54. The van der Waals surface area contributed by atoms with Crippen LogP contribution in [0.4, 0.5) is 11.4 Å². The van der Waals surface area contributed by atoms with Gasteiger partial charge in [0.25, 0.3) is 5.91 Å². The molecule has 0 bridgehead atoms. The lowest BCUT2D eigenvalue weighted by atomic mass is 10.1. The molecule has 1 heterocycles. The predicted molar refractivity (Wildman–Crippen MR) is 113 cm³/mol. The number of hydrogen-bond donors (Lipinski definition) is 2. The second-order valence-corrected chi connectivity index (χ2v) is 8.83. The lowest BCUT2D eigenvalue weighted by molar-refractivity contribution is 0.102. The van der Waals surface area contributed by atoms with Gasteiger partial charge in [-0.15, -0.1) is 0 Å². The quantitative estimate of drug-likeness (QED) is 0.744. The molecule has 3 rings (SSSR count). The summed E-state index contributed by atoms with van der Waals surface area (Å²) >= 11 is 0. The maximum atomic E-state index is 12.9. The average Bonchev–Trinajstić information content (AvgIpc) is 3.20. The third-order valence-electron chi connectivity index (χ3n) is 4.78. The molecule has 1 aliphatic rings. The summed E-state index contributed by atoms with van der Waals surface area (Å²) in [6.45, 7) is 5.87. The number of sulfonamides is 1. The van der Waals surface area contributed by atoms with Gasteiger partial charge >= 0.3 is 0 Å². The van der Waals surface area contributed by atoms with Crippen LogP contribution in [0.2, 0.25) is 0 Å². The molecule has 0 aliphatic carbocycles. The van der Waals surface area contributed by atoms with E-state index in [4.69, 9.17) is 0 Å². The molecule has 7 heteroatoms. The van der Waals surface area contributed by atoms with Gasteiger partial charge in [-0.3, -0.25) is 4.79 Å². The van der Waals surface area contributed by atoms with Crippen LogP contribution < -0.4 is 14.9 Å². The van der Waals surface area contributed by atoms with Crippen molar-refractivity contribution in [3.8, 4) is 0 Å². The number of aryl methyl sites for hydroxylation is 1. The van der Waals surface area contributed by atoms with Gasteiger partial charge in [-0.05, 0) is 62.1 Å². The molecule has 2 N–H and O–H groups in total. The number of nitrogens with one attached hydrogen (secondary N) is 2. The van der Waals surface area contributed by atoms with E-state index in [0.29, 0.717) is 29.9 Å². The first-order chi connectivity index (χ1) is 13.4. The van der Waals surface area contributed by atoms with Gasteiger partial charge in [0, 0.05) is 30.9 Å². The summed E-state index contributed by atoms with van der Waals surface area (Å²) in [5.41, 5.74) is 2.70. The zero-order chi connectivity index (χ0) is 20.1. The van der Waals surface area contributed by atoms with Crippen molar-refractivity contribution in [2.75, 3.05) is 29.9 Å². The molecule has 0 spiro atoms. The van der Waals surface area contributed by atoms with Crippen LogP contribution in [0.25, 0.3) is 0 Å². The molecular formula is C21H27N3O3S. The summed E-state index contributed by atoms with van der Waals surface area (Å²) in [5.74, 6) is -0.328. The lowest BCUT2D eigenvalue weighted by Gasteiger charge is -2.22. The SMILES string of the molecule is CCCNS(=O)(=O)c1cc(C(=O)Nc2cccc(C)c2)ccc1N1CCCC1. The van der Waals surface area contributed by atoms with Crippen LogP contribution in [0, 0.1) is 6.92 Å². The van der Waals surface area contributed by atoms with Crippen LogP contribution in [0.3, 0.4) is 0 Å². The fourth-order valence-corrected chi connectivity index (χ4v) is 4.71. The van der Waals surface area contributed by atoms with Crippen molar-refractivity contribution in [3.63, 3.8) is 0 Å². The van der Waals surface area contributed by atoms with E-state index in [1.165, 1.54) is 6.07 Å². The molecule has 6 nitrogen and oxygen atoms in total. The first-order valence-corrected chi connectivity index (χ1v) is 11.2. The summed E-state index contributed by atoms with van der Waals surface area (Å²) in [7, 11) is -3.70. The van der Waals surface area contributed by atoms with E-state index in [9.17, 15) is 13.2 Å². The number of anilines is 2. The van der Waals surface area contributed by atoms with Gasteiger partial charge in [0.1, 0.15) is 4.90 Å². The van der Waals surface area contributed by atoms with E-state index in [2.05, 4.69) is 14.9 Å². The molecule has 0 aromatic heterocycles. The number of carbonyl (C=O) groups is 1. The topological polar surface area (TPSA) is 78.5 Å². The average molecular weight is 402 g/mol. The first-order valence-electron chi connectivity index (χ1n) is 9.67. The summed E-state index contributed by atoms with van der Waals surface area (Å²) in [4.78, 5) is 14.9. The fraction of sp³-hybridized carbons (Fsp3) is 0.381. The minimum atomic E-state index is -3.70.